The molecule has 1 aromatic carbocycles. The summed E-state index contributed by atoms with van der Waals surface area (Å²) in [6.07, 6.45) is 0. The number of benzene rings is 1. The minimum absolute atomic E-state index is 0. The van der Waals surface area contributed by atoms with Crippen molar-refractivity contribution in [2.75, 3.05) is 54.1 Å². The van der Waals surface area contributed by atoms with Crippen LogP contribution in [-0.4, -0.2) is 81.8 Å². The third kappa shape index (κ3) is 5.00. The lowest BCUT2D eigenvalue weighted by Gasteiger charge is -2.35. The van der Waals surface area contributed by atoms with Crippen molar-refractivity contribution < 1.29 is 23.8 Å². The van der Waals surface area contributed by atoms with Crippen molar-refractivity contribution in [3.8, 4) is 11.5 Å². The number of hydrogen-bond donors (Lipinski definition) is 1. The van der Waals surface area contributed by atoms with Gasteiger partial charge in [-0.2, -0.15) is 0 Å². The molecule has 2 rings (SSSR count). The molecule has 0 radical (unpaired) electrons. The highest BCUT2D eigenvalue weighted by atomic mass is 35.5. The molecule has 0 bridgehead atoms. The Kier molecular flexibility index (Phi) is 8.64. The Morgan fingerprint density at radius 2 is 1.62 bits per heavy atom. The van der Waals surface area contributed by atoms with Gasteiger partial charge in [0.25, 0.3) is 5.91 Å². The fraction of sp³-hybridized carbons (Fsp3) is 0.529. The summed E-state index contributed by atoms with van der Waals surface area (Å²) in [6, 6.07) is 4.40. The second kappa shape index (κ2) is 10.2. The van der Waals surface area contributed by atoms with Crippen LogP contribution in [0.15, 0.2) is 18.2 Å². The van der Waals surface area contributed by atoms with E-state index in [0.717, 1.165) is 0 Å². The highest BCUT2D eigenvalue weighted by Crippen LogP contribution is 2.28. The lowest BCUT2D eigenvalue weighted by molar-refractivity contribution is -0.135. The Labute approximate surface area is 159 Å². The summed E-state index contributed by atoms with van der Waals surface area (Å²) >= 11 is 0. The number of amides is 2. The normalized spacial score (nSPS) is 15.1. The fourth-order valence-electron chi connectivity index (χ4n) is 2.77. The molecule has 1 aliphatic rings. The van der Waals surface area contributed by atoms with E-state index in [1.165, 1.54) is 14.2 Å². The predicted octanol–water partition coefficient (Wildman–Crippen LogP) is 0.384. The molecule has 1 atom stereocenters. The minimum Gasteiger partial charge on any atom is -0.493 e. The quantitative estimate of drug-likeness (QED) is 0.758. The van der Waals surface area contributed by atoms with E-state index in [4.69, 9.17) is 19.9 Å². The monoisotopic (exact) mass is 387 g/mol. The molecular formula is C17H26ClN3O5. The number of ether oxygens (including phenoxy) is 3. The molecule has 0 aromatic heterocycles. The van der Waals surface area contributed by atoms with Crippen molar-refractivity contribution in [2.24, 2.45) is 5.73 Å². The van der Waals surface area contributed by atoms with E-state index in [9.17, 15) is 9.59 Å². The number of rotatable bonds is 6. The van der Waals surface area contributed by atoms with Gasteiger partial charge in [0, 0.05) is 38.9 Å². The third-order valence-corrected chi connectivity index (χ3v) is 4.17. The van der Waals surface area contributed by atoms with Crippen LogP contribution in [0.25, 0.3) is 0 Å². The second-order valence-electron chi connectivity index (χ2n) is 5.75. The highest BCUT2D eigenvalue weighted by Gasteiger charge is 2.28. The van der Waals surface area contributed by atoms with Crippen molar-refractivity contribution in [1.29, 1.82) is 0 Å². The molecule has 1 fully saturated rings. The van der Waals surface area contributed by atoms with Gasteiger partial charge in [0.1, 0.15) is 6.04 Å². The van der Waals surface area contributed by atoms with Crippen LogP contribution in [0.2, 0.25) is 0 Å². The Bertz CT molecular complexity index is 620. The first-order chi connectivity index (χ1) is 12.0. The summed E-state index contributed by atoms with van der Waals surface area (Å²) in [4.78, 5) is 28.2. The van der Waals surface area contributed by atoms with Crippen molar-refractivity contribution >= 4 is 24.2 Å². The van der Waals surface area contributed by atoms with Gasteiger partial charge < -0.3 is 29.7 Å². The molecule has 1 saturated heterocycles. The van der Waals surface area contributed by atoms with Gasteiger partial charge in [-0.1, -0.05) is 0 Å². The molecular weight excluding hydrogens is 362 g/mol. The number of methoxy groups -OCH3 is 3. The van der Waals surface area contributed by atoms with Crippen LogP contribution in [0.3, 0.4) is 0 Å². The molecule has 1 unspecified atom stereocenters. The zero-order valence-electron chi connectivity index (χ0n) is 15.3. The number of nitrogens with two attached hydrogens (primary N) is 1. The maximum Gasteiger partial charge on any atom is 0.254 e. The largest absolute Gasteiger partial charge is 0.493 e. The summed E-state index contributed by atoms with van der Waals surface area (Å²) in [5.74, 6) is 0.823. The van der Waals surface area contributed by atoms with Crippen LogP contribution in [-0.2, 0) is 9.53 Å². The van der Waals surface area contributed by atoms with Crippen LogP contribution in [0.1, 0.15) is 10.4 Å². The zero-order valence-corrected chi connectivity index (χ0v) is 16.1. The number of piperazine rings is 1. The van der Waals surface area contributed by atoms with Crippen molar-refractivity contribution in [2.45, 2.75) is 6.04 Å². The van der Waals surface area contributed by atoms with Crippen LogP contribution in [0.4, 0.5) is 0 Å². The van der Waals surface area contributed by atoms with Gasteiger partial charge in [-0.05, 0) is 18.2 Å². The molecule has 26 heavy (non-hydrogen) atoms. The molecule has 2 amide bonds. The Balaban J connectivity index is 0.00000338. The first-order valence-corrected chi connectivity index (χ1v) is 8.06. The van der Waals surface area contributed by atoms with E-state index in [1.807, 2.05) is 0 Å². The average Bonchev–Trinajstić information content (AvgIpc) is 2.66. The average molecular weight is 388 g/mol. The topological polar surface area (TPSA) is 94.3 Å². The van der Waals surface area contributed by atoms with Crippen LogP contribution in [0.5, 0.6) is 11.5 Å². The fourth-order valence-corrected chi connectivity index (χ4v) is 2.77. The first kappa shape index (κ1) is 22.0. The van der Waals surface area contributed by atoms with Crippen LogP contribution >= 0.6 is 12.4 Å². The van der Waals surface area contributed by atoms with E-state index in [-0.39, 0.29) is 30.8 Å². The van der Waals surface area contributed by atoms with E-state index in [2.05, 4.69) is 0 Å². The summed E-state index contributed by atoms with van der Waals surface area (Å²) in [6.45, 7) is 2.01. The molecule has 8 nitrogen and oxygen atoms in total. The molecule has 1 aliphatic heterocycles. The molecule has 0 spiro atoms. The third-order valence-electron chi connectivity index (χ3n) is 4.17. The summed E-state index contributed by atoms with van der Waals surface area (Å²) < 4.78 is 15.3. The maximum atomic E-state index is 12.7. The smallest absolute Gasteiger partial charge is 0.254 e. The van der Waals surface area contributed by atoms with Crippen LogP contribution < -0.4 is 15.2 Å². The SMILES string of the molecule is COCC(N)C(=O)N1CCN(C(=O)c2ccc(OC)c(OC)c2)CC1.Cl. The molecule has 0 saturated carbocycles. The Hall–Kier alpha value is -2.03. The van der Waals surface area contributed by atoms with E-state index in [0.29, 0.717) is 43.2 Å². The second-order valence-corrected chi connectivity index (χ2v) is 5.75. The van der Waals surface area contributed by atoms with E-state index in [1.54, 1.807) is 35.1 Å². The Morgan fingerprint density at radius 3 is 2.15 bits per heavy atom. The van der Waals surface area contributed by atoms with Gasteiger partial charge in [0.2, 0.25) is 5.91 Å². The molecule has 9 heteroatoms. The van der Waals surface area contributed by atoms with Gasteiger partial charge in [-0.25, -0.2) is 0 Å². The maximum absolute atomic E-state index is 12.7. The lowest BCUT2D eigenvalue weighted by atomic mass is 10.1. The molecule has 1 heterocycles. The number of hydrogen-bond acceptors (Lipinski definition) is 6. The van der Waals surface area contributed by atoms with Gasteiger partial charge in [-0.3, -0.25) is 9.59 Å². The molecule has 146 valence electrons. The van der Waals surface area contributed by atoms with Gasteiger partial charge >= 0.3 is 0 Å². The molecule has 1 aromatic rings. The highest BCUT2D eigenvalue weighted by molar-refractivity contribution is 5.95. The van der Waals surface area contributed by atoms with Crippen molar-refractivity contribution in [3.05, 3.63) is 23.8 Å². The summed E-state index contributed by atoms with van der Waals surface area (Å²) in [5.41, 5.74) is 6.30. The van der Waals surface area contributed by atoms with Gasteiger partial charge in [-0.15, -0.1) is 12.4 Å². The van der Waals surface area contributed by atoms with Crippen molar-refractivity contribution in [1.82, 2.24) is 9.80 Å². The Morgan fingerprint density at radius 1 is 1.04 bits per heavy atom. The van der Waals surface area contributed by atoms with Crippen molar-refractivity contribution in [3.63, 3.8) is 0 Å². The van der Waals surface area contributed by atoms with Gasteiger partial charge in [0.15, 0.2) is 11.5 Å². The standard InChI is InChI=1S/C17H25N3O5.ClH/c1-23-11-13(18)17(22)20-8-6-19(7-9-20)16(21)12-4-5-14(24-2)15(10-12)25-3;/h4-5,10,13H,6-9,11,18H2,1-3H3;1H. The lowest BCUT2D eigenvalue weighted by Crippen LogP contribution is -2.55. The molecule has 0 aliphatic carbocycles. The summed E-state index contributed by atoms with van der Waals surface area (Å²) in [7, 11) is 4.58. The summed E-state index contributed by atoms with van der Waals surface area (Å²) in [5, 5.41) is 0. The number of halogens is 1. The first-order valence-electron chi connectivity index (χ1n) is 8.06. The zero-order chi connectivity index (χ0) is 18.4. The van der Waals surface area contributed by atoms with Gasteiger partial charge in [0.05, 0.1) is 20.8 Å². The minimum atomic E-state index is -0.668. The number of nitrogens with zero attached hydrogens (tertiary/aromatic N) is 2. The predicted molar refractivity (Wildman–Crippen MR) is 99.1 cm³/mol. The number of carbonyl (C=O) groups is 2. The van der Waals surface area contributed by atoms with E-state index < -0.39 is 6.04 Å². The molecule has 2 N–H and O–H groups in total. The van der Waals surface area contributed by atoms with E-state index >= 15 is 0 Å². The van der Waals surface area contributed by atoms with Crippen LogP contribution in [0, 0.1) is 0 Å². The number of carbonyl (C=O) groups excluding carboxylic acids is 2.